The Morgan fingerprint density at radius 2 is 1.95 bits per heavy atom. The zero-order valence-electron chi connectivity index (χ0n) is 11.6. The van der Waals surface area contributed by atoms with E-state index in [0.717, 1.165) is 5.56 Å². The number of aromatic nitrogens is 2. The fourth-order valence-electron chi connectivity index (χ4n) is 2.27. The van der Waals surface area contributed by atoms with E-state index in [4.69, 9.17) is 27.9 Å². The molecule has 0 aliphatic carbocycles. The van der Waals surface area contributed by atoms with Crippen LogP contribution in [0.5, 0.6) is 0 Å². The lowest BCUT2D eigenvalue weighted by molar-refractivity contribution is 0.122. The van der Waals surface area contributed by atoms with Crippen LogP contribution in [0.4, 0.5) is 5.95 Å². The maximum atomic E-state index is 9.35. The predicted octanol–water partition coefficient (Wildman–Crippen LogP) is 3.16. The fourth-order valence-corrected chi connectivity index (χ4v) is 2.67. The highest BCUT2D eigenvalue weighted by Gasteiger charge is 2.20. The van der Waals surface area contributed by atoms with Crippen LogP contribution in [0.25, 0.3) is 11.3 Å². The molecule has 0 N–H and O–H groups in total. The number of benzene rings is 1. The second-order valence-corrected chi connectivity index (χ2v) is 5.55. The number of rotatable bonds is 2. The minimum absolute atomic E-state index is 0.147. The van der Waals surface area contributed by atoms with E-state index < -0.39 is 0 Å². The first-order valence-electron chi connectivity index (χ1n) is 6.75. The summed E-state index contributed by atoms with van der Waals surface area (Å²) in [6.07, 6.45) is 0. The SMILES string of the molecule is N#Cc1c(Cl)nc(N2CCOCC2)nc1-c1cccc(Cl)c1. The Morgan fingerprint density at radius 3 is 2.64 bits per heavy atom. The number of halogens is 2. The molecular formula is C15H12Cl2N4O. The molecule has 1 fully saturated rings. The summed E-state index contributed by atoms with van der Waals surface area (Å²) >= 11 is 12.2. The molecule has 0 bridgehead atoms. The quantitative estimate of drug-likeness (QED) is 0.789. The third kappa shape index (κ3) is 3.00. The van der Waals surface area contributed by atoms with Gasteiger partial charge in [-0.25, -0.2) is 4.98 Å². The lowest BCUT2D eigenvalue weighted by Gasteiger charge is -2.27. The van der Waals surface area contributed by atoms with Gasteiger partial charge < -0.3 is 9.64 Å². The van der Waals surface area contributed by atoms with Gasteiger partial charge in [0, 0.05) is 23.7 Å². The predicted molar refractivity (Wildman–Crippen MR) is 85.2 cm³/mol. The van der Waals surface area contributed by atoms with Crippen molar-refractivity contribution in [3.8, 4) is 17.3 Å². The molecule has 1 aromatic heterocycles. The van der Waals surface area contributed by atoms with Gasteiger partial charge in [-0.3, -0.25) is 0 Å². The summed E-state index contributed by atoms with van der Waals surface area (Å²) in [5.74, 6) is 0.502. The molecule has 1 saturated heterocycles. The third-order valence-electron chi connectivity index (χ3n) is 3.36. The van der Waals surface area contributed by atoms with Gasteiger partial charge in [-0.05, 0) is 12.1 Å². The van der Waals surface area contributed by atoms with Gasteiger partial charge in [-0.1, -0.05) is 35.3 Å². The second-order valence-electron chi connectivity index (χ2n) is 4.76. The number of hydrogen-bond acceptors (Lipinski definition) is 5. The maximum Gasteiger partial charge on any atom is 0.227 e. The monoisotopic (exact) mass is 334 g/mol. The van der Waals surface area contributed by atoms with E-state index in [0.29, 0.717) is 43.0 Å². The van der Waals surface area contributed by atoms with Gasteiger partial charge in [0.05, 0.1) is 18.9 Å². The van der Waals surface area contributed by atoms with Gasteiger partial charge in [0.25, 0.3) is 0 Å². The molecule has 0 unspecified atom stereocenters. The average Bonchev–Trinajstić information content (AvgIpc) is 2.55. The summed E-state index contributed by atoms with van der Waals surface area (Å²) in [4.78, 5) is 10.8. The van der Waals surface area contributed by atoms with E-state index >= 15 is 0 Å². The Kier molecular flexibility index (Phi) is 4.44. The third-order valence-corrected chi connectivity index (χ3v) is 3.87. The van der Waals surface area contributed by atoms with Crippen molar-refractivity contribution in [1.29, 1.82) is 5.26 Å². The first-order chi connectivity index (χ1) is 10.7. The number of nitriles is 1. The van der Waals surface area contributed by atoms with E-state index in [1.165, 1.54) is 0 Å². The summed E-state index contributed by atoms with van der Waals surface area (Å²) in [7, 11) is 0. The molecule has 2 heterocycles. The number of ether oxygens (including phenoxy) is 1. The minimum atomic E-state index is 0.147. The van der Waals surface area contributed by atoms with Gasteiger partial charge in [0.2, 0.25) is 5.95 Å². The van der Waals surface area contributed by atoms with Crippen molar-refractivity contribution in [3.05, 3.63) is 40.0 Å². The highest BCUT2D eigenvalue weighted by molar-refractivity contribution is 6.31. The first-order valence-corrected chi connectivity index (χ1v) is 7.51. The summed E-state index contributed by atoms with van der Waals surface area (Å²) in [6, 6.07) is 9.24. The Hall–Kier alpha value is -1.87. The molecule has 5 nitrogen and oxygen atoms in total. The van der Waals surface area contributed by atoms with Crippen molar-refractivity contribution in [3.63, 3.8) is 0 Å². The first kappa shape index (κ1) is 15.0. The molecule has 2 aromatic rings. The number of anilines is 1. The molecule has 0 radical (unpaired) electrons. The molecule has 0 saturated carbocycles. The van der Waals surface area contributed by atoms with Gasteiger partial charge in [-0.15, -0.1) is 0 Å². The second kappa shape index (κ2) is 6.49. The molecule has 7 heteroatoms. The molecule has 0 atom stereocenters. The largest absolute Gasteiger partial charge is 0.378 e. The van der Waals surface area contributed by atoms with Gasteiger partial charge >= 0.3 is 0 Å². The zero-order chi connectivity index (χ0) is 15.5. The van der Waals surface area contributed by atoms with Crippen LogP contribution < -0.4 is 4.90 Å². The molecule has 3 rings (SSSR count). The topological polar surface area (TPSA) is 62.0 Å². The van der Waals surface area contributed by atoms with Crippen molar-refractivity contribution in [2.24, 2.45) is 0 Å². The van der Waals surface area contributed by atoms with Crippen molar-refractivity contribution >= 4 is 29.2 Å². The maximum absolute atomic E-state index is 9.35. The Bertz CT molecular complexity index is 739. The van der Waals surface area contributed by atoms with Crippen LogP contribution in [0.15, 0.2) is 24.3 Å². The molecular weight excluding hydrogens is 323 g/mol. The summed E-state index contributed by atoms with van der Waals surface area (Å²) in [6.45, 7) is 2.62. The van der Waals surface area contributed by atoms with Gasteiger partial charge in [-0.2, -0.15) is 10.2 Å². The van der Waals surface area contributed by atoms with Crippen LogP contribution in [0.2, 0.25) is 10.2 Å². The highest BCUT2D eigenvalue weighted by Crippen LogP contribution is 2.29. The average molecular weight is 335 g/mol. The van der Waals surface area contributed by atoms with E-state index in [-0.39, 0.29) is 10.7 Å². The fraction of sp³-hybridized carbons (Fsp3) is 0.267. The number of morpholine rings is 1. The van der Waals surface area contributed by atoms with Gasteiger partial charge in [0.15, 0.2) is 5.15 Å². The van der Waals surface area contributed by atoms with E-state index in [1.54, 1.807) is 12.1 Å². The lowest BCUT2D eigenvalue weighted by atomic mass is 10.1. The van der Waals surface area contributed by atoms with Crippen LogP contribution >= 0.6 is 23.2 Å². The van der Waals surface area contributed by atoms with E-state index in [1.807, 2.05) is 17.0 Å². The van der Waals surface area contributed by atoms with E-state index in [9.17, 15) is 5.26 Å². The summed E-state index contributed by atoms with van der Waals surface area (Å²) in [5, 5.41) is 10.1. The molecule has 1 aliphatic heterocycles. The standard InChI is InChI=1S/C15H12Cl2N4O/c16-11-3-1-2-10(8-11)13-12(9-18)14(17)20-15(19-13)21-4-6-22-7-5-21/h1-3,8H,4-7H2. The summed E-state index contributed by atoms with van der Waals surface area (Å²) in [5.41, 5.74) is 1.48. The van der Waals surface area contributed by atoms with Crippen molar-refractivity contribution in [2.75, 3.05) is 31.2 Å². The van der Waals surface area contributed by atoms with Crippen LogP contribution in [0, 0.1) is 11.3 Å². The van der Waals surface area contributed by atoms with Gasteiger partial charge in [0.1, 0.15) is 11.6 Å². The molecule has 1 aromatic carbocycles. The lowest BCUT2D eigenvalue weighted by Crippen LogP contribution is -2.37. The Labute approximate surface area is 138 Å². The number of hydrogen-bond donors (Lipinski definition) is 0. The van der Waals surface area contributed by atoms with Crippen LogP contribution in [-0.2, 0) is 4.74 Å². The van der Waals surface area contributed by atoms with Crippen LogP contribution in [-0.4, -0.2) is 36.3 Å². The smallest absolute Gasteiger partial charge is 0.227 e. The van der Waals surface area contributed by atoms with Crippen LogP contribution in [0.3, 0.4) is 0 Å². The number of nitrogens with zero attached hydrogens (tertiary/aromatic N) is 4. The molecule has 1 aliphatic rings. The molecule has 22 heavy (non-hydrogen) atoms. The molecule has 0 amide bonds. The molecule has 112 valence electrons. The zero-order valence-corrected chi connectivity index (χ0v) is 13.1. The Balaban J connectivity index is 2.11. The van der Waals surface area contributed by atoms with Crippen LogP contribution in [0.1, 0.15) is 5.56 Å². The minimum Gasteiger partial charge on any atom is -0.378 e. The van der Waals surface area contributed by atoms with Crippen molar-refractivity contribution < 1.29 is 4.74 Å². The highest BCUT2D eigenvalue weighted by atomic mass is 35.5. The summed E-state index contributed by atoms with van der Waals surface area (Å²) < 4.78 is 5.33. The van der Waals surface area contributed by atoms with Crippen molar-refractivity contribution in [1.82, 2.24) is 9.97 Å². The normalized spacial score (nSPS) is 14.7. The Morgan fingerprint density at radius 1 is 1.18 bits per heavy atom. The van der Waals surface area contributed by atoms with E-state index in [2.05, 4.69) is 16.0 Å². The van der Waals surface area contributed by atoms with Crippen molar-refractivity contribution in [2.45, 2.75) is 0 Å². The molecule has 0 spiro atoms.